The molecule has 21 heavy (non-hydrogen) atoms. The van der Waals surface area contributed by atoms with Crippen LogP contribution < -0.4 is 10.1 Å². The van der Waals surface area contributed by atoms with Crippen molar-refractivity contribution in [2.75, 3.05) is 46.0 Å². The van der Waals surface area contributed by atoms with Crippen LogP contribution in [0.3, 0.4) is 0 Å². The fraction of sp³-hybridized carbons (Fsp3) is 0.500. The van der Waals surface area contributed by atoms with Gasteiger partial charge in [0.15, 0.2) is 6.61 Å². The minimum atomic E-state index is -0.134. The maximum absolute atomic E-state index is 11.7. The van der Waals surface area contributed by atoms with Gasteiger partial charge in [0.05, 0.1) is 17.7 Å². The molecule has 1 aliphatic rings. The van der Waals surface area contributed by atoms with E-state index >= 15 is 0 Å². The van der Waals surface area contributed by atoms with Gasteiger partial charge in [0.25, 0.3) is 5.91 Å². The van der Waals surface area contributed by atoms with Crippen molar-refractivity contribution in [1.29, 1.82) is 0 Å². The first-order chi connectivity index (χ1) is 10.1. The minimum absolute atomic E-state index is 0.0106. The molecule has 0 saturated carbocycles. The van der Waals surface area contributed by atoms with Crippen molar-refractivity contribution in [1.82, 2.24) is 10.2 Å². The van der Waals surface area contributed by atoms with E-state index in [2.05, 4.69) is 26.1 Å². The van der Waals surface area contributed by atoms with Gasteiger partial charge in [-0.3, -0.25) is 9.69 Å². The summed E-state index contributed by atoms with van der Waals surface area (Å²) in [5, 5.41) is 3.46. The standard InChI is InChI=1S/C14H18BrClN2O3/c15-12-9-11(16)1-2-13(12)21-10-14(19)17-3-4-18-5-7-20-8-6-18/h1-2,9H,3-8,10H2,(H,17,19). The Bertz CT molecular complexity index is 481. The van der Waals surface area contributed by atoms with Crippen LogP contribution in [0.1, 0.15) is 0 Å². The molecule has 0 radical (unpaired) electrons. The SMILES string of the molecule is O=C(COc1ccc(Cl)cc1Br)NCCN1CCOCC1. The molecule has 1 heterocycles. The zero-order valence-corrected chi connectivity index (χ0v) is 14.0. The van der Waals surface area contributed by atoms with E-state index in [9.17, 15) is 4.79 Å². The molecule has 2 rings (SSSR count). The summed E-state index contributed by atoms with van der Waals surface area (Å²) in [6.07, 6.45) is 0. The number of morpholine rings is 1. The largest absolute Gasteiger partial charge is 0.483 e. The molecule has 1 amide bonds. The molecule has 7 heteroatoms. The molecule has 1 aromatic rings. The Morgan fingerprint density at radius 3 is 2.90 bits per heavy atom. The lowest BCUT2D eigenvalue weighted by atomic mass is 10.3. The normalized spacial score (nSPS) is 15.7. The fourth-order valence-electron chi connectivity index (χ4n) is 1.96. The van der Waals surface area contributed by atoms with Crippen molar-refractivity contribution in [2.45, 2.75) is 0 Å². The number of rotatable bonds is 6. The lowest BCUT2D eigenvalue weighted by molar-refractivity contribution is -0.123. The van der Waals surface area contributed by atoms with E-state index in [0.717, 1.165) is 37.3 Å². The van der Waals surface area contributed by atoms with Gasteiger partial charge in [0.1, 0.15) is 5.75 Å². The first-order valence-electron chi connectivity index (χ1n) is 6.80. The number of carbonyl (C=O) groups excluding carboxylic acids is 1. The number of nitrogens with zero attached hydrogens (tertiary/aromatic N) is 1. The summed E-state index contributed by atoms with van der Waals surface area (Å²) in [5.41, 5.74) is 0. The Hall–Kier alpha value is -0.820. The molecule has 5 nitrogen and oxygen atoms in total. The predicted octanol–water partition coefficient (Wildman–Crippen LogP) is 1.93. The molecule has 0 atom stereocenters. The average Bonchev–Trinajstić information content (AvgIpc) is 2.47. The number of hydrogen-bond donors (Lipinski definition) is 1. The van der Waals surface area contributed by atoms with E-state index in [-0.39, 0.29) is 12.5 Å². The number of hydrogen-bond acceptors (Lipinski definition) is 4. The maximum Gasteiger partial charge on any atom is 0.257 e. The monoisotopic (exact) mass is 376 g/mol. The number of benzene rings is 1. The number of amides is 1. The average molecular weight is 378 g/mol. The number of nitrogens with one attached hydrogen (secondary N) is 1. The molecule has 1 aliphatic heterocycles. The lowest BCUT2D eigenvalue weighted by Crippen LogP contribution is -2.42. The number of ether oxygens (including phenoxy) is 2. The highest BCUT2D eigenvalue weighted by atomic mass is 79.9. The summed E-state index contributed by atoms with van der Waals surface area (Å²) in [5.74, 6) is 0.466. The Kier molecular flexibility index (Phi) is 6.76. The van der Waals surface area contributed by atoms with Crippen LogP contribution in [0.25, 0.3) is 0 Å². The summed E-state index contributed by atoms with van der Waals surface area (Å²) in [4.78, 5) is 14.0. The molecule has 116 valence electrons. The summed E-state index contributed by atoms with van der Waals surface area (Å²) >= 11 is 9.19. The first kappa shape index (κ1) is 16.5. The van der Waals surface area contributed by atoms with E-state index in [1.54, 1.807) is 18.2 Å². The van der Waals surface area contributed by atoms with E-state index in [1.165, 1.54) is 0 Å². The molecular formula is C14H18BrClN2O3. The van der Waals surface area contributed by atoms with E-state index in [1.807, 2.05) is 0 Å². The van der Waals surface area contributed by atoms with Crippen molar-refractivity contribution in [3.05, 3.63) is 27.7 Å². The Morgan fingerprint density at radius 2 is 2.19 bits per heavy atom. The van der Waals surface area contributed by atoms with Crippen LogP contribution in [0.4, 0.5) is 0 Å². The topological polar surface area (TPSA) is 50.8 Å². The highest BCUT2D eigenvalue weighted by molar-refractivity contribution is 9.10. The van der Waals surface area contributed by atoms with Gasteiger partial charge >= 0.3 is 0 Å². The second-order valence-electron chi connectivity index (χ2n) is 4.67. The van der Waals surface area contributed by atoms with Gasteiger partial charge in [-0.2, -0.15) is 0 Å². The third-order valence-corrected chi connectivity index (χ3v) is 3.96. The minimum Gasteiger partial charge on any atom is -0.483 e. The van der Waals surface area contributed by atoms with Crippen molar-refractivity contribution in [3.63, 3.8) is 0 Å². The molecule has 0 unspecified atom stereocenters. The van der Waals surface area contributed by atoms with Crippen molar-refractivity contribution < 1.29 is 14.3 Å². The maximum atomic E-state index is 11.7. The molecule has 1 aromatic carbocycles. The van der Waals surface area contributed by atoms with Crippen molar-refractivity contribution in [2.24, 2.45) is 0 Å². The fourth-order valence-corrected chi connectivity index (χ4v) is 2.76. The predicted molar refractivity (Wildman–Crippen MR) is 84.9 cm³/mol. The Labute approximate surface area is 137 Å². The zero-order chi connectivity index (χ0) is 15.1. The second kappa shape index (κ2) is 8.58. The van der Waals surface area contributed by atoms with Crippen LogP contribution in [0.15, 0.2) is 22.7 Å². The van der Waals surface area contributed by atoms with Crippen LogP contribution in [-0.4, -0.2) is 56.8 Å². The lowest BCUT2D eigenvalue weighted by Gasteiger charge is -2.26. The molecule has 1 N–H and O–H groups in total. The molecule has 1 saturated heterocycles. The third kappa shape index (κ3) is 5.82. The summed E-state index contributed by atoms with van der Waals surface area (Å²) in [6.45, 7) is 4.81. The van der Waals surface area contributed by atoms with Gasteiger partial charge in [-0.25, -0.2) is 0 Å². The number of carbonyl (C=O) groups is 1. The van der Waals surface area contributed by atoms with Crippen LogP contribution in [0, 0.1) is 0 Å². The Morgan fingerprint density at radius 1 is 1.43 bits per heavy atom. The van der Waals surface area contributed by atoms with Gasteiger partial charge in [0, 0.05) is 31.2 Å². The first-order valence-corrected chi connectivity index (χ1v) is 7.97. The summed E-state index contributed by atoms with van der Waals surface area (Å²) in [7, 11) is 0. The van der Waals surface area contributed by atoms with Crippen LogP contribution in [0.2, 0.25) is 5.02 Å². The van der Waals surface area contributed by atoms with Gasteiger partial charge < -0.3 is 14.8 Å². The number of halogens is 2. The zero-order valence-electron chi connectivity index (χ0n) is 11.6. The van der Waals surface area contributed by atoms with E-state index in [0.29, 0.717) is 17.3 Å². The quantitative estimate of drug-likeness (QED) is 0.823. The third-order valence-electron chi connectivity index (χ3n) is 3.11. The van der Waals surface area contributed by atoms with E-state index < -0.39 is 0 Å². The van der Waals surface area contributed by atoms with Crippen LogP contribution >= 0.6 is 27.5 Å². The van der Waals surface area contributed by atoms with Gasteiger partial charge in [0.2, 0.25) is 0 Å². The Balaban J connectivity index is 1.65. The highest BCUT2D eigenvalue weighted by Crippen LogP contribution is 2.27. The molecule has 0 spiro atoms. The van der Waals surface area contributed by atoms with Crippen molar-refractivity contribution >= 4 is 33.4 Å². The van der Waals surface area contributed by atoms with Crippen molar-refractivity contribution in [3.8, 4) is 5.75 Å². The molecule has 0 aliphatic carbocycles. The summed E-state index contributed by atoms with van der Waals surface area (Å²) in [6, 6.07) is 5.18. The molecular weight excluding hydrogens is 360 g/mol. The van der Waals surface area contributed by atoms with Gasteiger partial charge in [-0.05, 0) is 34.1 Å². The van der Waals surface area contributed by atoms with E-state index in [4.69, 9.17) is 21.1 Å². The molecule has 1 fully saturated rings. The van der Waals surface area contributed by atoms with Gasteiger partial charge in [-0.15, -0.1) is 0 Å². The molecule has 0 bridgehead atoms. The molecule has 0 aromatic heterocycles. The summed E-state index contributed by atoms with van der Waals surface area (Å²) < 4.78 is 11.4. The highest BCUT2D eigenvalue weighted by Gasteiger charge is 2.10. The smallest absolute Gasteiger partial charge is 0.257 e. The second-order valence-corrected chi connectivity index (χ2v) is 5.96. The van der Waals surface area contributed by atoms with Gasteiger partial charge in [-0.1, -0.05) is 11.6 Å². The van der Waals surface area contributed by atoms with Crippen LogP contribution in [-0.2, 0) is 9.53 Å². The van der Waals surface area contributed by atoms with Crippen LogP contribution in [0.5, 0.6) is 5.75 Å².